The number of benzene rings is 1. The van der Waals surface area contributed by atoms with Crippen LogP contribution in [0.2, 0.25) is 0 Å². The Hall–Kier alpha value is -1.09. The van der Waals surface area contributed by atoms with Crippen LogP contribution >= 0.6 is 15.9 Å². The van der Waals surface area contributed by atoms with Crippen LogP contribution in [0.1, 0.15) is 22.6 Å². The van der Waals surface area contributed by atoms with Gasteiger partial charge in [0.25, 0.3) is 0 Å². The van der Waals surface area contributed by atoms with E-state index < -0.39 is 0 Å². The minimum absolute atomic E-state index is 0.408. The van der Waals surface area contributed by atoms with E-state index in [1.165, 1.54) is 5.56 Å². The second kappa shape index (κ2) is 5.30. The van der Waals surface area contributed by atoms with E-state index in [1.54, 1.807) is 0 Å². The zero-order valence-electron chi connectivity index (χ0n) is 9.31. The topological polar surface area (TPSA) is 17.8 Å². The van der Waals surface area contributed by atoms with Gasteiger partial charge in [0, 0.05) is 30.7 Å². The van der Waals surface area contributed by atoms with Gasteiger partial charge in [0.2, 0.25) is 0 Å². The van der Waals surface area contributed by atoms with Crippen molar-refractivity contribution in [3.8, 4) is 0 Å². The van der Waals surface area contributed by atoms with Crippen molar-refractivity contribution in [1.29, 1.82) is 0 Å². The van der Waals surface area contributed by atoms with Crippen LogP contribution in [-0.2, 0) is 13.5 Å². The third kappa shape index (κ3) is 2.73. The van der Waals surface area contributed by atoms with E-state index in [-0.39, 0.29) is 0 Å². The van der Waals surface area contributed by atoms with Crippen LogP contribution in [0.25, 0.3) is 0 Å². The molecule has 0 spiro atoms. The maximum atomic E-state index is 4.32. The molecule has 0 aliphatic heterocycles. The number of alkyl halides is 1. The zero-order chi connectivity index (χ0) is 11.4. The highest BCUT2D eigenvalue weighted by molar-refractivity contribution is 9.09. The van der Waals surface area contributed by atoms with E-state index in [1.807, 2.05) is 25.5 Å². The molecule has 84 valence electrons. The Morgan fingerprint density at radius 3 is 2.69 bits per heavy atom. The molecule has 0 bridgehead atoms. The van der Waals surface area contributed by atoms with Gasteiger partial charge in [-0.25, -0.2) is 4.98 Å². The Morgan fingerprint density at radius 2 is 2.06 bits per heavy atom. The summed E-state index contributed by atoms with van der Waals surface area (Å²) < 4.78 is 2.07. The van der Waals surface area contributed by atoms with Gasteiger partial charge in [0.05, 0.1) is 0 Å². The summed E-state index contributed by atoms with van der Waals surface area (Å²) in [4.78, 5) is 4.73. The SMILES string of the molecule is Cn1ccnc1CCC(Br)c1ccccc1. The normalized spacial score (nSPS) is 12.6. The van der Waals surface area contributed by atoms with Crippen molar-refractivity contribution in [1.82, 2.24) is 9.55 Å². The van der Waals surface area contributed by atoms with E-state index in [9.17, 15) is 0 Å². The molecule has 0 saturated heterocycles. The van der Waals surface area contributed by atoms with Crippen molar-refractivity contribution in [3.05, 3.63) is 54.1 Å². The number of imidazole rings is 1. The largest absolute Gasteiger partial charge is 0.338 e. The van der Waals surface area contributed by atoms with Gasteiger partial charge in [-0.15, -0.1) is 0 Å². The standard InChI is InChI=1S/C13H15BrN2/c1-16-10-9-15-13(16)8-7-12(14)11-5-3-2-4-6-11/h2-6,9-10,12H,7-8H2,1H3. The summed E-state index contributed by atoms with van der Waals surface area (Å²) in [7, 11) is 2.04. The third-order valence-electron chi connectivity index (χ3n) is 2.70. The molecule has 1 heterocycles. The van der Waals surface area contributed by atoms with Gasteiger partial charge in [-0.1, -0.05) is 46.3 Å². The second-order valence-corrected chi connectivity index (χ2v) is 4.98. The Morgan fingerprint density at radius 1 is 1.31 bits per heavy atom. The van der Waals surface area contributed by atoms with Crippen LogP contribution in [0.15, 0.2) is 42.7 Å². The molecule has 0 amide bonds. The molecule has 16 heavy (non-hydrogen) atoms. The Balaban J connectivity index is 1.94. The lowest BCUT2D eigenvalue weighted by Crippen LogP contribution is -2.00. The Bertz CT molecular complexity index is 436. The van der Waals surface area contributed by atoms with Gasteiger partial charge in [-0.2, -0.15) is 0 Å². The van der Waals surface area contributed by atoms with E-state index >= 15 is 0 Å². The highest BCUT2D eigenvalue weighted by Gasteiger charge is 2.08. The minimum atomic E-state index is 0.408. The first-order valence-corrected chi connectivity index (χ1v) is 6.34. The fourth-order valence-corrected chi connectivity index (χ4v) is 2.26. The van der Waals surface area contributed by atoms with Gasteiger partial charge in [-0.05, 0) is 12.0 Å². The van der Waals surface area contributed by atoms with Crippen LogP contribution in [-0.4, -0.2) is 9.55 Å². The molecular formula is C13H15BrN2. The molecule has 0 N–H and O–H groups in total. The predicted molar refractivity (Wildman–Crippen MR) is 69.6 cm³/mol. The molecule has 3 heteroatoms. The van der Waals surface area contributed by atoms with Crippen LogP contribution in [0.4, 0.5) is 0 Å². The molecule has 0 aliphatic rings. The first-order chi connectivity index (χ1) is 7.77. The highest BCUT2D eigenvalue weighted by Crippen LogP contribution is 2.27. The van der Waals surface area contributed by atoms with E-state index in [0.29, 0.717) is 4.83 Å². The van der Waals surface area contributed by atoms with Crippen molar-refractivity contribution >= 4 is 15.9 Å². The van der Waals surface area contributed by atoms with Crippen LogP contribution in [0, 0.1) is 0 Å². The summed E-state index contributed by atoms with van der Waals surface area (Å²) in [6.45, 7) is 0. The summed E-state index contributed by atoms with van der Waals surface area (Å²) in [6, 6.07) is 10.5. The van der Waals surface area contributed by atoms with E-state index in [4.69, 9.17) is 0 Å². The fraction of sp³-hybridized carbons (Fsp3) is 0.308. The molecule has 1 atom stereocenters. The summed E-state index contributed by atoms with van der Waals surface area (Å²) >= 11 is 3.72. The number of aryl methyl sites for hydroxylation is 2. The molecule has 1 unspecified atom stereocenters. The highest BCUT2D eigenvalue weighted by atomic mass is 79.9. The molecule has 0 saturated carbocycles. The lowest BCUT2D eigenvalue weighted by atomic mass is 10.1. The van der Waals surface area contributed by atoms with Gasteiger partial charge in [0.1, 0.15) is 5.82 Å². The van der Waals surface area contributed by atoms with Crippen molar-refractivity contribution in [3.63, 3.8) is 0 Å². The van der Waals surface area contributed by atoms with Crippen molar-refractivity contribution in [2.45, 2.75) is 17.7 Å². The summed E-state index contributed by atoms with van der Waals surface area (Å²) in [5.41, 5.74) is 1.33. The van der Waals surface area contributed by atoms with E-state index in [2.05, 4.69) is 49.7 Å². The number of nitrogens with zero attached hydrogens (tertiary/aromatic N) is 2. The summed E-state index contributed by atoms with van der Waals surface area (Å²) in [5.74, 6) is 1.14. The predicted octanol–water partition coefficient (Wildman–Crippen LogP) is 3.49. The first kappa shape index (κ1) is 11.4. The monoisotopic (exact) mass is 278 g/mol. The third-order valence-corrected chi connectivity index (χ3v) is 3.69. The molecule has 0 aliphatic carbocycles. The average molecular weight is 279 g/mol. The lowest BCUT2D eigenvalue weighted by molar-refractivity contribution is 0.720. The van der Waals surface area contributed by atoms with Crippen LogP contribution in [0.3, 0.4) is 0 Å². The van der Waals surface area contributed by atoms with Crippen molar-refractivity contribution in [2.24, 2.45) is 7.05 Å². The Labute approximate surface area is 104 Å². The van der Waals surface area contributed by atoms with Gasteiger partial charge < -0.3 is 4.57 Å². The van der Waals surface area contributed by atoms with Gasteiger partial charge in [0.15, 0.2) is 0 Å². The maximum absolute atomic E-state index is 4.32. The number of halogens is 1. The lowest BCUT2D eigenvalue weighted by Gasteiger charge is -2.09. The van der Waals surface area contributed by atoms with Crippen LogP contribution < -0.4 is 0 Å². The zero-order valence-corrected chi connectivity index (χ0v) is 10.9. The molecule has 2 nitrogen and oxygen atoms in total. The quantitative estimate of drug-likeness (QED) is 0.783. The molecule has 2 aromatic rings. The average Bonchev–Trinajstić information content (AvgIpc) is 2.73. The number of rotatable bonds is 4. The fourth-order valence-electron chi connectivity index (χ4n) is 1.72. The smallest absolute Gasteiger partial charge is 0.108 e. The van der Waals surface area contributed by atoms with Crippen molar-refractivity contribution in [2.75, 3.05) is 0 Å². The minimum Gasteiger partial charge on any atom is -0.338 e. The van der Waals surface area contributed by atoms with Gasteiger partial charge >= 0.3 is 0 Å². The summed E-state index contributed by atoms with van der Waals surface area (Å²) in [5, 5.41) is 0. The molecule has 1 aromatic carbocycles. The molecule has 2 rings (SSSR count). The number of hydrogen-bond acceptors (Lipinski definition) is 1. The summed E-state index contributed by atoms with van der Waals surface area (Å²) in [6.07, 6.45) is 5.89. The Kier molecular flexibility index (Phi) is 3.78. The molecule has 0 fully saturated rings. The number of hydrogen-bond donors (Lipinski definition) is 0. The second-order valence-electron chi connectivity index (χ2n) is 3.87. The molecular weight excluding hydrogens is 264 g/mol. The number of aromatic nitrogens is 2. The van der Waals surface area contributed by atoms with Crippen molar-refractivity contribution < 1.29 is 0 Å². The molecule has 1 aromatic heterocycles. The van der Waals surface area contributed by atoms with E-state index in [0.717, 1.165) is 18.7 Å². The first-order valence-electron chi connectivity index (χ1n) is 5.42. The maximum Gasteiger partial charge on any atom is 0.108 e. The molecule has 0 radical (unpaired) electrons. The van der Waals surface area contributed by atoms with Gasteiger partial charge in [-0.3, -0.25) is 0 Å². The van der Waals surface area contributed by atoms with Crippen LogP contribution in [0.5, 0.6) is 0 Å².